The Bertz CT molecular complexity index is 674. The van der Waals surface area contributed by atoms with Crippen molar-refractivity contribution in [2.75, 3.05) is 18.4 Å². The van der Waals surface area contributed by atoms with Crippen LogP contribution in [0.25, 0.3) is 0 Å². The maximum absolute atomic E-state index is 13.6. The van der Waals surface area contributed by atoms with E-state index in [0.717, 1.165) is 0 Å². The molecule has 2 aromatic carbocycles. The molecule has 0 radical (unpaired) electrons. The Morgan fingerprint density at radius 2 is 1.70 bits per heavy atom. The minimum Gasteiger partial charge on any atom is -0.333 e. The lowest BCUT2D eigenvalue weighted by atomic mass is 10.1. The molecule has 5 heteroatoms. The molecule has 2 amide bonds. The van der Waals surface area contributed by atoms with Crippen LogP contribution in [0.1, 0.15) is 12.5 Å². The lowest BCUT2D eigenvalue weighted by molar-refractivity contribution is -0.132. The van der Waals surface area contributed by atoms with E-state index in [4.69, 9.17) is 0 Å². The number of benzene rings is 2. The molecule has 0 aliphatic carbocycles. The number of halogens is 1. The molecule has 2 aromatic rings. The Morgan fingerprint density at radius 3 is 2.35 bits per heavy atom. The molecule has 0 saturated heterocycles. The molecule has 2 rings (SSSR count). The molecule has 0 aliphatic heterocycles. The highest BCUT2D eigenvalue weighted by Gasteiger charge is 2.14. The topological polar surface area (TPSA) is 49.4 Å². The zero-order valence-electron chi connectivity index (χ0n) is 13.0. The second-order valence-electron chi connectivity index (χ2n) is 5.20. The highest BCUT2D eigenvalue weighted by Crippen LogP contribution is 2.09. The molecule has 23 heavy (non-hydrogen) atoms. The molecular weight excluding hydrogens is 295 g/mol. The second kappa shape index (κ2) is 8.08. The smallest absolute Gasteiger partial charge is 0.243 e. The molecule has 0 aromatic heterocycles. The van der Waals surface area contributed by atoms with Crippen molar-refractivity contribution in [1.29, 1.82) is 0 Å². The highest BCUT2D eigenvalue weighted by molar-refractivity contribution is 5.94. The standard InChI is InChI=1S/C18H19FN2O2/c1-14(22)21(12-11-15-7-5-6-10-17(15)19)13-18(23)20-16-8-3-2-4-9-16/h2-10H,11-13H2,1H3,(H,20,23). The van der Waals surface area contributed by atoms with Crippen LogP contribution in [-0.2, 0) is 16.0 Å². The van der Waals surface area contributed by atoms with Gasteiger partial charge in [0.05, 0.1) is 6.54 Å². The normalized spacial score (nSPS) is 10.2. The fourth-order valence-electron chi connectivity index (χ4n) is 2.20. The van der Waals surface area contributed by atoms with Crippen molar-refractivity contribution in [1.82, 2.24) is 4.90 Å². The van der Waals surface area contributed by atoms with Crippen molar-refractivity contribution in [3.8, 4) is 0 Å². The summed E-state index contributed by atoms with van der Waals surface area (Å²) in [7, 11) is 0. The van der Waals surface area contributed by atoms with E-state index >= 15 is 0 Å². The molecule has 0 heterocycles. The summed E-state index contributed by atoms with van der Waals surface area (Å²) in [6.07, 6.45) is 0.366. The summed E-state index contributed by atoms with van der Waals surface area (Å²) in [5.74, 6) is -0.797. The number of hydrogen-bond donors (Lipinski definition) is 1. The van der Waals surface area contributed by atoms with Crippen LogP contribution in [0.5, 0.6) is 0 Å². The fraction of sp³-hybridized carbons (Fsp3) is 0.222. The first-order valence-electron chi connectivity index (χ1n) is 7.40. The summed E-state index contributed by atoms with van der Waals surface area (Å²) in [5, 5.41) is 2.73. The number of rotatable bonds is 6. The minimum absolute atomic E-state index is 0.0569. The average Bonchev–Trinajstić information content (AvgIpc) is 2.53. The second-order valence-corrected chi connectivity index (χ2v) is 5.20. The molecule has 0 atom stereocenters. The number of nitrogens with zero attached hydrogens (tertiary/aromatic N) is 1. The summed E-state index contributed by atoms with van der Waals surface area (Å²) in [5.41, 5.74) is 1.21. The molecule has 0 saturated carbocycles. The Balaban J connectivity index is 1.92. The van der Waals surface area contributed by atoms with Crippen LogP contribution in [0.4, 0.5) is 10.1 Å². The first kappa shape index (κ1) is 16.7. The predicted octanol–water partition coefficient (Wildman–Crippen LogP) is 2.86. The van der Waals surface area contributed by atoms with Gasteiger partial charge in [0.25, 0.3) is 0 Å². The monoisotopic (exact) mass is 314 g/mol. The van der Waals surface area contributed by atoms with Crippen LogP contribution in [0, 0.1) is 5.82 Å². The Kier molecular flexibility index (Phi) is 5.86. The van der Waals surface area contributed by atoms with E-state index in [1.165, 1.54) is 17.9 Å². The zero-order chi connectivity index (χ0) is 16.7. The summed E-state index contributed by atoms with van der Waals surface area (Å²) in [4.78, 5) is 25.1. The van der Waals surface area contributed by atoms with E-state index in [1.54, 1.807) is 30.3 Å². The van der Waals surface area contributed by atoms with Crippen LogP contribution in [0.3, 0.4) is 0 Å². The maximum Gasteiger partial charge on any atom is 0.243 e. The van der Waals surface area contributed by atoms with Gasteiger partial charge in [-0.1, -0.05) is 36.4 Å². The van der Waals surface area contributed by atoms with Gasteiger partial charge in [0, 0.05) is 19.2 Å². The number of anilines is 1. The molecule has 120 valence electrons. The van der Waals surface area contributed by atoms with Crippen molar-refractivity contribution < 1.29 is 14.0 Å². The summed E-state index contributed by atoms with van der Waals surface area (Å²) >= 11 is 0. The Morgan fingerprint density at radius 1 is 1.04 bits per heavy atom. The van der Waals surface area contributed by atoms with E-state index in [9.17, 15) is 14.0 Å². The van der Waals surface area contributed by atoms with Gasteiger partial charge < -0.3 is 10.2 Å². The SMILES string of the molecule is CC(=O)N(CCc1ccccc1F)CC(=O)Nc1ccccc1. The van der Waals surface area contributed by atoms with Crippen molar-refractivity contribution in [3.63, 3.8) is 0 Å². The zero-order valence-corrected chi connectivity index (χ0v) is 13.0. The van der Waals surface area contributed by atoms with Gasteiger partial charge in [0.15, 0.2) is 0 Å². The fourth-order valence-corrected chi connectivity index (χ4v) is 2.20. The van der Waals surface area contributed by atoms with E-state index in [-0.39, 0.29) is 24.2 Å². The van der Waals surface area contributed by atoms with Gasteiger partial charge in [-0.25, -0.2) is 4.39 Å². The minimum atomic E-state index is -0.301. The first-order valence-corrected chi connectivity index (χ1v) is 7.40. The van der Waals surface area contributed by atoms with Crippen molar-refractivity contribution >= 4 is 17.5 Å². The third-order valence-electron chi connectivity index (χ3n) is 3.45. The van der Waals surface area contributed by atoms with Crippen molar-refractivity contribution in [2.45, 2.75) is 13.3 Å². The number of hydrogen-bond acceptors (Lipinski definition) is 2. The van der Waals surface area contributed by atoms with Crippen LogP contribution in [-0.4, -0.2) is 29.8 Å². The molecule has 0 aliphatic rings. The third kappa shape index (κ3) is 5.21. The van der Waals surface area contributed by atoms with Gasteiger partial charge in [-0.15, -0.1) is 0 Å². The lowest BCUT2D eigenvalue weighted by Gasteiger charge is -2.20. The molecule has 0 bridgehead atoms. The number of carbonyl (C=O) groups is 2. The first-order chi connectivity index (χ1) is 11.1. The molecule has 1 N–H and O–H groups in total. The molecule has 0 spiro atoms. The van der Waals surface area contributed by atoms with Crippen molar-refractivity contribution in [2.24, 2.45) is 0 Å². The van der Waals surface area contributed by atoms with Gasteiger partial charge in [0.1, 0.15) is 5.82 Å². The Labute approximate surface area is 134 Å². The van der Waals surface area contributed by atoms with Crippen LogP contribution in [0.2, 0.25) is 0 Å². The van der Waals surface area contributed by atoms with Crippen LogP contribution < -0.4 is 5.32 Å². The van der Waals surface area contributed by atoms with Gasteiger partial charge in [-0.2, -0.15) is 0 Å². The predicted molar refractivity (Wildman–Crippen MR) is 87.4 cm³/mol. The summed E-state index contributed by atoms with van der Waals surface area (Å²) < 4.78 is 13.6. The van der Waals surface area contributed by atoms with Gasteiger partial charge in [-0.3, -0.25) is 9.59 Å². The number of nitrogens with one attached hydrogen (secondary N) is 1. The van der Waals surface area contributed by atoms with Crippen molar-refractivity contribution in [3.05, 3.63) is 66.0 Å². The number of carbonyl (C=O) groups excluding carboxylic acids is 2. The van der Waals surface area contributed by atoms with Gasteiger partial charge in [0.2, 0.25) is 11.8 Å². The highest BCUT2D eigenvalue weighted by atomic mass is 19.1. The number of para-hydroxylation sites is 1. The van der Waals surface area contributed by atoms with Gasteiger partial charge >= 0.3 is 0 Å². The van der Waals surface area contributed by atoms with E-state index in [1.807, 2.05) is 18.2 Å². The number of amides is 2. The van der Waals surface area contributed by atoms with E-state index in [0.29, 0.717) is 24.2 Å². The molecule has 4 nitrogen and oxygen atoms in total. The lowest BCUT2D eigenvalue weighted by Crippen LogP contribution is -2.38. The molecular formula is C18H19FN2O2. The average molecular weight is 314 g/mol. The van der Waals surface area contributed by atoms with Gasteiger partial charge in [-0.05, 0) is 30.2 Å². The summed E-state index contributed by atoms with van der Waals surface area (Å²) in [6.45, 7) is 1.63. The molecule has 0 unspecified atom stereocenters. The Hall–Kier alpha value is -2.69. The quantitative estimate of drug-likeness (QED) is 0.891. The largest absolute Gasteiger partial charge is 0.333 e. The summed E-state index contributed by atoms with van der Waals surface area (Å²) in [6, 6.07) is 15.5. The maximum atomic E-state index is 13.6. The molecule has 0 fully saturated rings. The van der Waals surface area contributed by atoms with E-state index < -0.39 is 0 Å². The van der Waals surface area contributed by atoms with Crippen LogP contribution >= 0.6 is 0 Å². The van der Waals surface area contributed by atoms with Crippen LogP contribution in [0.15, 0.2) is 54.6 Å². The van der Waals surface area contributed by atoms with E-state index in [2.05, 4.69) is 5.32 Å². The third-order valence-corrected chi connectivity index (χ3v) is 3.45.